The van der Waals surface area contributed by atoms with Gasteiger partial charge in [-0.2, -0.15) is 0 Å². The molecule has 106 valence electrons. The molecule has 2 aliphatic rings. The number of hydrogen-bond donors (Lipinski definition) is 1. The van der Waals surface area contributed by atoms with Crippen LogP contribution < -0.4 is 5.32 Å². The van der Waals surface area contributed by atoms with Gasteiger partial charge in [-0.05, 0) is 58.0 Å². The lowest BCUT2D eigenvalue weighted by atomic mass is 9.95. The summed E-state index contributed by atoms with van der Waals surface area (Å²) in [7, 11) is 0. The van der Waals surface area contributed by atoms with Crippen LogP contribution in [0, 0.1) is 5.92 Å². The highest BCUT2D eigenvalue weighted by molar-refractivity contribution is 4.89. The molecule has 1 saturated heterocycles. The maximum absolute atomic E-state index is 3.56. The van der Waals surface area contributed by atoms with Crippen molar-refractivity contribution in [3.8, 4) is 0 Å². The fourth-order valence-corrected chi connectivity index (χ4v) is 3.96. The second-order valence-corrected chi connectivity index (χ2v) is 6.74. The Hall–Kier alpha value is -0.0800. The van der Waals surface area contributed by atoms with Crippen LogP contribution >= 0.6 is 0 Å². The number of likely N-dealkylation sites (tertiary alicyclic amines) is 1. The first-order chi connectivity index (χ1) is 8.68. The van der Waals surface area contributed by atoms with Crippen LogP contribution in [0.25, 0.3) is 0 Å². The Morgan fingerprint density at radius 1 is 1.06 bits per heavy atom. The minimum absolute atomic E-state index is 0.626. The predicted molar refractivity (Wildman–Crippen MR) is 78.9 cm³/mol. The Morgan fingerprint density at radius 2 is 1.78 bits per heavy atom. The lowest BCUT2D eigenvalue weighted by Crippen LogP contribution is -2.42. The van der Waals surface area contributed by atoms with Crippen molar-refractivity contribution in [2.24, 2.45) is 5.92 Å². The maximum atomic E-state index is 3.56. The van der Waals surface area contributed by atoms with Gasteiger partial charge in [0.15, 0.2) is 0 Å². The van der Waals surface area contributed by atoms with Gasteiger partial charge in [0.2, 0.25) is 0 Å². The molecule has 1 N–H and O–H groups in total. The standard InChI is InChI=1S/C16H32N2/c1-13(2)17-11-10-14(3)18-12-6-9-16(18)15-7-4-5-8-15/h13-17H,4-12H2,1-3H3. The first kappa shape index (κ1) is 14.3. The Balaban J connectivity index is 1.78. The van der Waals surface area contributed by atoms with E-state index in [1.807, 2.05) is 0 Å². The summed E-state index contributed by atoms with van der Waals surface area (Å²) in [4.78, 5) is 2.83. The van der Waals surface area contributed by atoms with E-state index in [-0.39, 0.29) is 0 Å². The Labute approximate surface area is 114 Å². The zero-order valence-corrected chi connectivity index (χ0v) is 12.6. The quantitative estimate of drug-likeness (QED) is 0.779. The molecule has 0 bridgehead atoms. The van der Waals surface area contributed by atoms with Gasteiger partial charge in [0.05, 0.1) is 0 Å². The van der Waals surface area contributed by atoms with E-state index in [0.717, 1.165) is 18.0 Å². The molecule has 0 radical (unpaired) electrons. The first-order valence-electron chi connectivity index (χ1n) is 8.17. The van der Waals surface area contributed by atoms with Crippen LogP contribution in [0.3, 0.4) is 0 Å². The van der Waals surface area contributed by atoms with E-state index in [9.17, 15) is 0 Å². The summed E-state index contributed by atoms with van der Waals surface area (Å²) in [6, 6.07) is 2.31. The zero-order valence-electron chi connectivity index (χ0n) is 12.6. The highest BCUT2D eigenvalue weighted by Crippen LogP contribution is 2.36. The molecule has 0 aromatic heterocycles. The fourth-order valence-electron chi connectivity index (χ4n) is 3.96. The minimum Gasteiger partial charge on any atom is -0.314 e. The highest BCUT2D eigenvalue weighted by atomic mass is 15.2. The monoisotopic (exact) mass is 252 g/mol. The molecule has 2 nitrogen and oxygen atoms in total. The van der Waals surface area contributed by atoms with Crippen molar-refractivity contribution in [1.82, 2.24) is 10.2 Å². The molecular weight excluding hydrogens is 220 g/mol. The van der Waals surface area contributed by atoms with E-state index in [4.69, 9.17) is 0 Å². The number of hydrogen-bond acceptors (Lipinski definition) is 2. The maximum Gasteiger partial charge on any atom is 0.0127 e. The summed E-state index contributed by atoms with van der Waals surface area (Å²) >= 11 is 0. The lowest BCUT2D eigenvalue weighted by Gasteiger charge is -2.34. The van der Waals surface area contributed by atoms with Gasteiger partial charge >= 0.3 is 0 Å². The Morgan fingerprint density at radius 3 is 2.44 bits per heavy atom. The third kappa shape index (κ3) is 3.71. The van der Waals surface area contributed by atoms with Crippen LogP contribution in [0.15, 0.2) is 0 Å². The van der Waals surface area contributed by atoms with Crippen molar-refractivity contribution in [2.45, 2.75) is 83.8 Å². The molecular formula is C16H32N2. The summed E-state index contributed by atoms with van der Waals surface area (Å²) in [6.07, 6.45) is 10.2. The Bertz CT molecular complexity index is 233. The van der Waals surface area contributed by atoms with Crippen molar-refractivity contribution >= 4 is 0 Å². The molecule has 2 unspecified atom stereocenters. The largest absolute Gasteiger partial charge is 0.314 e. The molecule has 0 aromatic carbocycles. The van der Waals surface area contributed by atoms with E-state index in [1.165, 1.54) is 58.0 Å². The molecule has 18 heavy (non-hydrogen) atoms. The normalized spacial score (nSPS) is 28.3. The van der Waals surface area contributed by atoms with Crippen LogP contribution in [-0.4, -0.2) is 36.1 Å². The number of nitrogens with one attached hydrogen (secondary N) is 1. The van der Waals surface area contributed by atoms with Crippen molar-refractivity contribution in [1.29, 1.82) is 0 Å². The zero-order chi connectivity index (χ0) is 13.0. The average Bonchev–Trinajstić information content (AvgIpc) is 2.99. The summed E-state index contributed by atoms with van der Waals surface area (Å²) in [5.41, 5.74) is 0. The second kappa shape index (κ2) is 6.91. The van der Waals surface area contributed by atoms with Crippen LogP contribution in [0.2, 0.25) is 0 Å². The molecule has 2 rings (SSSR count). The smallest absolute Gasteiger partial charge is 0.0127 e. The molecule has 1 heterocycles. The molecule has 1 saturated carbocycles. The van der Waals surface area contributed by atoms with Crippen LogP contribution in [0.5, 0.6) is 0 Å². The van der Waals surface area contributed by atoms with Crippen LogP contribution in [0.1, 0.15) is 65.7 Å². The van der Waals surface area contributed by atoms with Gasteiger partial charge in [-0.3, -0.25) is 4.90 Å². The minimum atomic E-state index is 0.626. The van der Waals surface area contributed by atoms with Gasteiger partial charge in [0.1, 0.15) is 0 Å². The van der Waals surface area contributed by atoms with E-state index in [1.54, 1.807) is 0 Å². The van der Waals surface area contributed by atoms with Crippen molar-refractivity contribution in [3.05, 3.63) is 0 Å². The number of rotatable bonds is 6. The van der Waals surface area contributed by atoms with E-state index in [0.29, 0.717) is 6.04 Å². The number of nitrogens with zero attached hydrogens (tertiary/aromatic N) is 1. The van der Waals surface area contributed by atoms with E-state index >= 15 is 0 Å². The van der Waals surface area contributed by atoms with Crippen LogP contribution in [-0.2, 0) is 0 Å². The average molecular weight is 252 g/mol. The molecule has 2 fully saturated rings. The van der Waals surface area contributed by atoms with Crippen LogP contribution in [0.4, 0.5) is 0 Å². The highest BCUT2D eigenvalue weighted by Gasteiger charge is 2.35. The van der Waals surface area contributed by atoms with Crippen molar-refractivity contribution < 1.29 is 0 Å². The second-order valence-electron chi connectivity index (χ2n) is 6.74. The third-order valence-corrected chi connectivity index (χ3v) is 4.97. The van der Waals surface area contributed by atoms with Gasteiger partial charge in [0, 0.05) is 18.1 Å². The summed E-state index contributed by atoms with van der Waals surface area (Å²) < 4.78 is 0. The van der Waals surface area contributed by atoms with Gasteiger partial charge in [-0.15, -0.1) is 0 Å². The molecule has 0 aromatic rings. The molecule has 1 aliphatic heterocycles. The summed E-state index contributed by atoms with van der Waals surface area (Å²) in [5.74, 6) is 1.02. The van der Waals surface area contributed by atoms with Gasteiger partial charge in [-0.1, -0.05) is 26.7 Å². The van der Waals surface area contributed by atoms with Gasteiger partial charge in [-0.25, -0.2) is 0 Å². The third-order valence-electron chi connectivity index (χ3n) is 4.97. The van der Waals surface area contributed by atoms with Crippen molar-refractivity contribution in [2.75, 3.05) is 13.1 Å². The molecule has 1 aliphatic carbocycles. The van der Waals surface area contributed by atoms with Crippen molar-refractivity contribution in [3.63, 3.8) is 0 Å². The van der Waals surface area contributed by atoms with Gasteiger partial charge < -0.3 is 5.32 Å². The molecule has 0 amide bonds. The lowest BCUT2D eigenvalue weighted by molar-refractivity contribution is 0.137. The summed E-state index contributed by atoms with van der Waals surface area (Å²) in [6.45, 7) is 9.44. The molecule has 0 spiro atoms. The van der Waals surface area contributed by atoms with Gasteiger partial charge in [0.25, 0.3) is 0 Å². The van der Waals surface area contributed by atoms with E-state index < -0.39 is 0 Å². The molecule has 2 heteroatoms. The van der Waals surface area contributed by atoms with E-state index in [2.05, 4.69) is 31.0 Å². The SMILES string of the molecule is CC(C)NCCC(C)N1CCCC1C1CCCC1. The first-order valence-corrected chi connectivity index (χ1v) is 8.17. The molecule has 2 atom stereocenters. The summed E-state index contributed by atoms with van der Waals surface area (Å²) in [5, 5.41) is 3.56. The fraction of sp³-hybridized carbons (Fsp3) is 1.00. The topological polar surface area (TPSA) is 15.3 Å². The Kier molecular flexibility index (Phi) is 5.50. The predicted octanol–water partition coefficient (Wildman–Crippen LogP) is 3.42.